The van der Waals surface area contributed by atoms with Crippen molar-refractivity contribution in [1.29, 1.82) is 0 Å². The summed E-state index contributed by atoms with van der Waals surface area (Å²) in [5, 5.41) is 12.8. The lowest BCUT2D eigenvalue weighted by molar-refractivity contribution is -0.295. The number of esters is 1. The van der Waals surface area contributed by atoms with Crippen molar-refractivity contribution >= 4 is 17.7 Å². The van der Waals surface area contributed by atoms with E-state index in [9.17, 15) is 4.79 Å². The van der Waals surface area contributed by atoms with Gasteiger partial charge in [-0.2, -0.15) is 0 Å². The maximum atomic E-state index is 12.8. The first-order valence-corrected chi connectivity index (χ1v) is 12.3. The maximum absolute atomic E-state index is 12.8. The Morgan fingerprint density at radius 3 is 2.48 bits per heavy atom. The van der Waals surface area contributed by atoms with Gasteiger partial charge in [0, 0.05) is 18.6 Å². The summed E-state index contributed by atoms with van der Waals surface area (Å²) in [4.78, 5) is 12.8. The molecule has 1 fully saturated rings. The Bertz CT molecular complexity index is 924. The Morgan fingerprint density at radius 2 is 1.82 bits per heavy atom. The van der Waals surface area contributed by atoms with Crippen molar-refractivity contribution in [2.75, 3.05) is 5.75 Å². The van der Waals surface area contributed by atoms with E-state index in [0.717, 1.165) is 10.7 Å². The number of aromatic nitrogens is 4. The van der Waals surface area contributed by atoms with Gasteiger partial charge in [0.15, 0.2) is 5.79 Å². The van der Waals surface area contributed by atoms with Gasteiger partial charge in [0.25, 0.3) is 0 Å². The summed E-state index contributed by atoms with van der Waals surface area (Å²) in [5.41, 5.74) is 0.326. The molecule has 1 aliphatic heterocycles. The molecule has 0 unspecified atom stereocenters. The zero-order valence-corrected chi connectivity index (χ0v) is 21.5. The van der Waals surface area contributed by atoms with E-state index in [1.165, 1.54) is 0 Å². The van der Waals surface area contributed by atoms with Crippen LogP contribution in [-0.4, -0.2) is 55.5 Å². The highest BCUT2D eigenvalue weighted by atomic mass is 32.2. The van der Waals surface area contributed by atoms with Crippen LogP contribution >= 0.6 is 11.8 Å². The zero-order chi connectivity index (χ0) is 24.3. The minimum atomic E-state index is -0.788. The van der Waals surface area contributed by atoms with Crippen molar-refractivity contribution in [1.82, 2.24) is 20.2 Å². The molecule has 0 radical (unpaired) electrons. The number of tetrazole rings is 1. The Morgan fingerprint density at radius 1 is 1.15 bits per heavy atom. The molecule has 0 bridgehead atoms. The van der Waals surface area contributed by atoms with Crippen LogP contribution in [-0.2, 0) is 31.0 Å². The third-order valence-corrected chi connectivity index (χ3v) is 6.21. The van der Waals surface area contributed by atoms with Gasteiger partial charge < -0.3 is 14.2 Å². The van der Waals surface area contributed by atoms with E-state index in [1.807, 2.05) is 62.7 Å². The van der Waals surface area contributed by atoms with Crippen molar-refractivity contribution < 1.29 is 19.0 Å². The van der Waals surface area contributed by atoms with Gasteiger partial charge >= 0.3 is 5.97 Å². The number of nitrogens with zero attached hydrogens (tertiary/aromatic N) is 4. The van der Waals surface area contributed by atoms with E-state index < -0.39 is 11.4 Å². The number of thioether (sulfide) groups is 1. The molecule has 2 atom stereocenters. The van der Waals surface area contributed by atoms with Gasteiger partial charge in [-0.15, -0.1) is 5.10 Å². The monoisotopic (exact) mass is 476 g/mol. The van der Waals surface area contributed by atoms with Gasteiger partial charge in [0.2, 0.25) is 5.16 Å². The average molecular weight is 477 g/mol. The van der Waals surface area contributed by atoms with E-state index in [2.05, 4.69) is 36.3 Å². The lowest BCUT2D eigenvalue weighted by Crippen LogP contribution is -2.46. The molecule has 0 amide bonds. The van der Waals surface area contributed by atoms with Crippen LogP contribution in [0.2, 0.25) is 0 Å². The summed E-state index contributed by atoms with van der Waals surface area (Å²) >= 11 is 1.55. The number of carbonyl (C=O) groups is 1. The van der Waals surface area contributed by atoms with Crippen LogP contribution in [0.5, 0.6) is 0 Å². The molecule has 1 aliphatic rings. The third-order valence-electron chi connectivity index (χ3n) is 5.16. The normalized spacial score (nSPS) is 21.1. The van der Waals surface area contributed by atoms with Gasteiger partial charge in [-0.3, -0.25) is 4.79 Å². The van der Waals surface area contributed by atoms with Gasteiger partial charge in [-0.25, -0.2) is 4.68 Å². The maximum Gasteiger partial charge on any atom is 0.308 e. The Labute approximate surface area is 200 Å². The molecule has 1 saturated heterocycles. The van der Waals surface area contributed by atoms with Crippen molar-refractivity contribution in [3.05, 3.63) is 35.9 Å². The molecule has 9 heteroatoms. The molecule has 2 aromatic rings. The quantitative estimate of drug-likeness (QED) is 0.410. The number of ether oxygens (including phenoxy) is 3. The fraction of sp³-hybridized carbons (Fsp3) is 0.667. The summed E-state index contributed by atoms with van der Waals surface area (Å²) in [6, 6.07) is 10.0. The van der Waals surface area contributed by atoms with E-state index in [1.54, 1.807) is 11.8 Å². The molecule has 0 aliphatic carbocycles. The third kappa shape index (κ3) is 7.79. The van der Waals surface area contributed by atoms with Gasteiger partial charge in [0.1, 0.15) is 5.60 Å². The molecule has 33 heavy (non-hydrogen) atoms. The van der Waals surface area contributed by atoms with Crippen LogP contribution < -0.4 is 0 Å². The number of carbonyl (C=O) groups excluding carboxylic acids is 1. The lowest BCUT2D eigenvalue weighted by Gasteiger charge is -2.40. The van der Waals surface area contributed by atoms with Crippen molar-refractivity contribution in [2.24, 2.45) is 0 Å². The van der Waals surface area contributed by atoms with Crippen LogP contribution in [0.1, 0.15) is 66.9 Å². The van der Waals surface area contributed by atoms with E-state index in [4.69, 9.17) is 14.2 Å². The molecule has 182 valence electrons. The SMILES string of the molecule is CC(C)(Cc1ccccc1)OC(=O)C[C@H]1C[C@@H](CSc2nnnn2C(C)(C)C)OC(C)(C)O1. The second-order valence-corrected chi connectivity index (χ2v) is 11.6. The molecule has 1 aromatic heterocycles. The summed E-state index contributed by atoms with van der Waals surface area (Å²) in [7, 11) is 0. The van der Waals surface area contributed by atoms with Gasteiger partial charge in [-0.05, 0) is 64.5 Å². The predicted molar refractivity (Wildman–Crippen MR) is 127 cm³/mol. The van der Waals surface area contributed by atoms with Crippen molar-refractivity contribution in [2.45, 2.75) is 102 Å². The first kappa shape index (κ1) is 25.6. The summed E-state index contributed by atoms with van der Waals surface area (Å²) < 4.78 is 19.8. The topological polar surface area (TPSA) is 88.4 Å². The Hall–Kier alpha value is -1.97. The fourth-order valence-electron chi connectivity index (χ4n) is 3.96. The Balaban J connectivity index is 1.56. The Kier molecular flexibility index (Phi) is 7.86. The van der Waals surface area contributed by atoms with Gasteiger partial charge in [-0.1, -0.05) is 42.1 Å². The number of rotatable bonds is 8. The first-order chi connectivity index (χ1) is 15.3. The second-order valence-electron chi connectivity index (χ2n) is 10.6. The minimum Gasteiger partial charge on any atom is -0.459 e. The van der Waals surface area contributed by atoms with Crippen molar-refractivity contribution in [3.8, 4) is 0 Å². The molecule has 2 heterocycles. The highest BCUT2D eigenvalue weighted by Crippen LogP contribution is 2.32. The largest absolute Gasteiger partial charge is 0.459 e. The molecule has 3 rings (SSSR count). The molecular formula is C24H36N4O4S. The van der Waals surface area contributed by atoms with E-state index in [0.29, 0.717) is 18.6 Å². The smallest absolute Gasteiger partial charge is 0.308 e. The molecular weight excluding hydrogens is 440 g/mol. The lowest BCUT2D eigenvalue weighted by atomic mass is 9.98. The van der Waals surface area contributed by atoms with Crippen LogP contribution in [0, 0.1) is 0 Å². The summed E-state index contributed by atoms with van der Waals surface area (Å²) in [6.07, 6.45) is 1.06. The molecule has 0 saturated carbocycles. The molecule has 0 N–H and O–H groups in total. The van der Waals surface area contributed by atoms with Crippen LogP contribution in [0.15, 0.2) is 35.5 Å². The summed E-state index contributed by atoms with van der Waals surface area (Å²) in [5.74, 6) is -0.389. The van der Waals surface area contributed by atoms with Crippen molar-refractivity contribution in [3.63, 3.8) is 0 Å². The first-order valence-electron chi connectivity index (χ1n) is 11.4. The highest BCUT2D eigenvalue weighted by Gasteiger charge is 2.38. The molecule has 0 spiro atoms. The predicted octanol–water partition coefficient (Wildman–Crippen LogP) is 4.39. The van der Waals surface area contributed by atoms with Crippen LogP contribution in [0.4, 0.5) is 0 Å². The molecule has 1 aromatic carbocycles. The number of benzene rings is 1. The average Bonchev–Trinajstić information content (AvgIpc) is 3.14. The molecule has 8 nitrogen and oxygen atoms in total. The summed E-state index contributed by atoms with van der Waals surface area (Å²) in [6.45, 7) is 13.8. The number of hydrogen-bond acceptors (Lipinski definition) is 8. The van der Waals surface area contributed by atoms with E-state index >= 15 is 0 Å². The van der Waals surface area contributed by atoms with Crippen LogP contribution in [0.3, 0.4) is 0 Å². The minimum absolute atomic E-state index is 0.0982. The second kappa shape index (κ2) is 10.1. The van der Waals surface area contributed by atoms with E-state index in [-0.39, 0.29) is 30.1 Å². The number of hydrogen-bond donors (Lipinski definition) is 0. The van der Waals surface area contributed by atoms with Gasteiger partial charge in [0.05, 0.1) is 24.2 Å². The standard InChI is InChI=1S/C24H36N4O4S/c1-22(2,3)28-21(25-26-27-28)33-16-19-13-18(30-24(6,7)31-19)14-20(29)32-23(4,5)15-17-11-9-8-10-12-17/h8-12,18-19H,13-16H2,1-7H3/t18-,19+/m1/s1. The fourth-order valence-corrected chi connectivity index (χ4v) is 5.03. The highest BCUT2D eigenvalue weighted by molar-refractivity contribution is 7.99. The zero-order valence-electron chi connectivity index (χ0n) is 20.7. The van der Waals surface area contributed by atoms with Crippen LogP contribution in [0.25, 0.3) is 0 Å².